The van der Waals surface area contributed by atoms with Gasteiger partial charge in [0.2, 0.25) is 0 Å². The Labute approximate surface area is 186 Å². The first-order valence-electron chi connectivity index (χ1n) is 8.76. The van der Waals surface area contributed by atoms with Gasteiger partial charge >= 0.3 is 12.1 Å². The highest BCUT2D eigenvalue weighted by Gasteiger charge is 2.17. The number of hydrogen-bond donors (Lipinski definition) is 4. The van der Waals surface area contributed by atoms with Crippen molar-refractivity contribution in [2.45, 2.75) is 0 Å². The van der Waals surface area contributed by atoms with Gasteiger partial charge in [0.1, 0.15) is 5.69 Å². The van der Waals surface area contributed by atoms with Crippen molar-refractivity contribution in [1.82, 2.24) is 0 Å². The molecule has 4 N–H and O–H groups in total. The van der Waals surface area contributed by atoms with Gasteiger partial charge in [0.05, 0.1) is 4.92 Å². The van der Waals surface area contributed by atoms with Crippen LogP contribution in [0.4, 0.5) is 38.0 Å². The minimum absolute atomic E-state index is 0.0965. The van der Waals surface area contributed by atoms with Crippen LogP contribution in [0.2, 0.25) is 10.0 Å². The molecule has 3 aromatic rings. The van der Waals surface area contributed by atoms with Gasteiger partial charge in [-0.05, 0) is 60.7 Å². The Bertz CT molecular complexity index is 1120. The number of anilines is 4. The fourth-order valence-electron chi connectivity index (χ4n) is 2.52. The highest BCUT2D eigenvalue weighted by atomic mass is 35.5. The molecule has 0 saturated carbocycles. The van der Waals surface area contributed by atoms with Gasteiger partial charge in [0, 0.05) is 33.2 Å². The van der Waals surface area contributed by atoms with Crippen LogP contribution in [0.5, 0.6) is 0 Å². The molecule has 9 nitrogen and oxygen atoms in total. The van der Waals surface area contributed by atoms with E-state index in [-0.39, 0.29) is 17.1 Å². The summed E-state index contributed by atoms with van der Waals surface area (Å²) >= 11 is 11.6. The van der Waals surface area contributed by atoms with Gasteiger partial charge in [-0.25, -0.2) is 9.59 Å². The molecule has 0 unspecified atom stereocenters. The molecule has 0 radical (unpaired) electrons. The molecule has 31 heavy (non-hydrogen) atoms. The Morgan fingerprint density at radius 2 is 1.10 bits per heavy atom. The molecule has 0 aliphatic heterocycles. The van der Waals surface area contributed by atoms with Gasteiger partial charge in [-0.1, -0.05) is 23.2 Å². The summed E-state index contributed by atoms with van der Waals surface area (Å²) < 4.78 is 0. The number of nitrogens with zero attached hydrogens (tertiary/aromatic N) is 1. The molecule has 3 rings (SSSR count). The second-order valence-corrected chi connectivity index (χ2v) is 7.03. The van der Waals surface area contributed by atoms with Crippen molar-refractivity contribution >= 4 is 63.7 Å². The van der Waals surface area contributed by atoms with E-state index >= 15 is 0 Å². The predicted octanol–water partition coefficient (Wildman–Crippen LogP) is 6.19. The van der Waals surface area contributed by atoms with Crippen LogP contribution in [0, 0.1) is 10.1 Å². The summed E-state index contributed by atoms with van der Waals surface area (Å²) in [5.74, 6) is 0. The fraction of sp³-hybridized carbons (Fsp3) is 0. The summed E-state index contributed by atoms with van der Waals surface area (Å²) in [6.07, 6.45) is 0. The van der Waals surface area contributed by atoms with Crippen LogP contribution in [0.3, 0.4) is 0 Å². The van der Waals surface area contributed by atoms with Gasteiger partial charge < -0.3 is 21.3 Å². The van der Waals surface area contributed by atoms with Crippen LogP contribution in [-0.4, -0.2) is 17.0 Å². The minimum atomic E-state index is -0.701. The van der Waals surface area contributed by atoms with Crippen LogP contribution in [0.15, 0.2) is 66.7 Å². The van der Waals surface area contributed by atoms with E-state index in [4.69, 9.17) is 23.2 Å². The highest BCUT2D eigenvalue weighted by molar-refractivity contribution is 6.31. The smallest absolute Gasteiger partial charge is 0.308 e. The molecule has 4 amide bonds. The van der Waals surface area contributed by atoms with Gasteiger partial charge in [-0.3, -0.25) is 10.1 Å². The van der Waals surface area contributed by atoms with Crippen LogP contribution >= 0.6 is 23.2 Å². The Hall–Kier alpha value is -3.82. The zero-order valence-electron chi connectivity index (χ0n) is 15.7. The standard InChI is InChI=1S/C20H15Cl2N5O4/c21-12-1-5-14(6-2-12)23-19(28)25-16-9-10-18(27(30)31)17(11-16)26-20(29)24-15-7-3-13(22)4-8-15/h1-11H,(H2,23,25,28)(H2,24,26,29). The molecule has 0 saturated heterocycles. The number of nitrogens with one attached hydrogen (secondary N) is 4. The molecule has 0 bridgehead atoms. The maximum Gasteiger partial charge on any atom is 0.323 e. The van der Waals surface area contributed by atoms with Crippen molar-refractivity contribution in [2.75, 3.05) is 21.3 Å². The lowest BCUT2D eigenvalue weighted by Crippen LogP contribution is -2.21. The van der Waals surface area contributed by atoms with Gasteiger partial charge in [-0.15, -0.1) is 0 Å². The second kappa shape index (κ2) is 9.79. The molecule has 11 heteroatoms. The second-order valence-electron chi connectivity index (χ2n) is 6.16. The van der Waals surface area contributed by atoms with Crippen molar-refractivity contribution in [3.8, 4) is 0 Å². The number of halogens is 2. The highest BCUT2D eigenvalue weighted by Crippen LogP contribution is 2.28. The van der Waals surface area contributed by atoms with E-state index in [1.165, 1.54) is 18.2 Å². The Morgan fingerprint density at radius 1 is 0.677 bits per heavy atom. The van der Waals surface area contributed by atoms with Gasteiger partial charge in [-0.2, -0.15) is 0 Å². The van der Waals surface area contributed by atoms with E-state index < -0.39 is 17.0 Å². The number of rotatable bonds is 5. The number of nitro groups is 1. The first kappa shape index (κ1) is 21.9. The molecule has 0 aliphatic rings. The first-order chi connectivity index (χ1) is 14.8. The molecule has 3 aromatic carbocycles. The molecule has 0 aliphatic carbocycles. The number of hydrogen-bond acceptors (Lipinski definition) is 4. The number of carbonyl (C=O) groups excluding carboxylic acids is 2. The molecular weight excluding hydrogens is 445 g/mol. The summed E-state index contributed by atoms with van der Waals surface area (Å²) in [6, 6.07) is 15.3. The third kappa shape index (κ3) is 6.33. The first-order valence-corrected chi connectivity index (χ1v) is 9.51. The van der Waals surface area contributed by atoms with Crippen molar-refractivity contribution in [1.29, 1.82) is 0 Å². The predicted molar refractivity (Wildman–Crippen MR) is 121 cm³/mol. The Balaban J connectivity index is 1.71. The van der Waals surface area contributed by atoms with Crippen molar-refractivity contribution in [3.05, 3.63) is 86.9 Å². The fourth-order valence-corrected chi connectivity index (χ4v) is 2.77. The molecule has 0 spiro atoms. The zero-order chi connectivity index (χ0) is 22.4. The average molecular weight is 460 g/mol. The summed E-state index contributed by atoms with van der Waals surface area (Å²) in [5.41, 5.74) is 0.750. The van der Waals surface area contributed by atoms with E-state index in [9.17, 15) is 19.7 Å². The number of carbonyl (C=O) groups is 2. The number of amides is 4. The third-order valence-electron chi connectivity index (χ3n) is 3.90. The lowest BCUT2D eigenvalue weighted by Gasteiger charge is -2.11. The van der Waals surface area contributed by atoms with Crippen molar-refractivity contribution in [3.63, 3.8) is 0 Å². The molecule has 0 atom stereocenters. The Kier molecular flexibility index (Phi) is 6.91. The minimum Gasteiger partial charge on any atom is -0.308 e. The molecular formula is C20H15Cl2N5O4. The zero-order valence-corrected chi connectivity index (χ0v) is 17.2. The van der Waals surface area contributed by atoms with Crippen molar-refractivity contribution in [2.24, 2.45) is 0 Å². The van der Waals surface area contributed by atoms with E-state index in [0.717, 1.165) is 0 Å². The maximum absolute atomic E-state index is 12.3. The summed E-state index contributed by atoms with van der Waals surface area (Å²) in [5, 5.41) is 22.4. The topological polar surface area (TPSA) is 125 Å². The van der Waals surface area contributed by atoms with Crippen LogP contribution in [0.25, 0.3) is 0 Å². The molecule has 0 heterocycles. The summed E-state index contributed by atoms with van der Waals surface area (Å²) in [4.78, 5) is 35.1. The molecule has 158 valence electrons. The largest absolute Gasteiger partial charge is 0.323 e. The van der Waals surface area contributed by atoms with Crippen LogP contribution in [0.1, 0.15) is 0 Å². The van der Waals surface area contributed by atoms with Gasteiger partial charge in [0.25, 0.3) is 5.69 Å². The third-order valence-corrected chi connectivity index (χ3v) is 4.41. The van der Waals surface area contributed by atoms with Crippen LogP contribution in [-0.2, 0) is 0 Å². The Morgan fingerprint density at radius 3 is 1.58 bits per heavy atom. The van der Waals surface area contributed by atoms with Crippen molar-refractivity contribution < 1.29 is 14.5 Å². The quantitative estimate of drug-likeness (QED) is 0.268. The van der Waals surface area contributed by atoms with E-state index in [0.29, 0.717) is 21.4 Å². The monoisotopic (exact) mass is 459 g/mol. The summed E-state index contributed by atoms with van der Waals surface area (Å²) in [6.45, 7) is 0. The van der Waals surface area contributed by atoms with Crippen LogP contribution < -0.4 is 21.3 Å². The van der Waals surface area contributed by atoms with Gasteiger partial charge in [0.15, 0.2) is 0 Å². The number of urea groups is 2. The number of benzene rings is 3. The molecule has 0 fully saturated rings. The molecule has 0 aromatic heterocycles. The average Bonchev–Trinajstić information content (AvgIpc) is 2.71. The van der Waals surface area contributed by atoms with E-state index in [1.54, 1.807) is 48.5 Å². The SMILES string of the molecule is O=C(Nc1ccc(Cl)cc1)Nc1ccc([N+](=O)[O-])c(NC(=O)Nc2ccc(Cl)cc2)c1. The normalized spacial score (nSPS) is 10.1. The van der Waals surface area contributed by atoms with E-state index in [1.807, 2.05) is 0 Å². The summed E-state index contributed by atoms with van der Waals surface area (Å²) in [7, 11) is 0. The maximum atomic E-state index is 12.3. The lowest BCUT2D eigenvalue weighted by molar-refractivity contribution is -0.383. The van der Waals surface area contributed by atoms with E-state index in [2.05, 4.69) is 21.3 Å². The lowest BCUT2D eigenvalue weighted by atomic mass is 10.2. The number of nitro benzene ring substituents is 1.